The van der Waals surface area contributed by atoms with Gasteiger partial charge in [-0.05, 0) is 68.8 Å². The predicted molar refractivity (Wildman–Crippen MR) is 419 cm³/mol. The lowest BCUT2D eigenvalue weighted by Crippen LogP contribution is -1.95. The van der Waals surface area contributed by atoms with Crippen molar-refractivity contribution in [2.45, 2.75) is 0 Å². The molecule has 6 nitrogen and oxygen atoms in total. The number of thiophene rings is 3. The normalized spacial score (nSPS) is 11.2. The minimum absolute atomic E-state index is 0.749. The molecule has 0 spiro atoms. The molecule has 6 heterocycles. The third-order valence-corrected chi connectivity index (χ3v) is 21.0. The van der Waals surface area contributed by atoms with Gasteiger partial charge in [-0.15, -0.1) is 34.0 Å². The molecule has 0 aliphatic rings. The van der Waals surface area contributed by atoms with Crippen molar-refractivity contribution in [2.24, 2.45) is 0 Å². The lowest BCUT2D eigenvalue weighted by atomic mass is 9.95. The summed E-state index contributed by atoms with van der Waals surface area (Å²) in [5, 5.41) is 7.00. The highest BCUT2D eigenvalue weighted by Gasteiger charge is 2.22. The molecule has 0 saturated carbocycles. The number of rotatable bonds is 10. The second-order valence-corrected chi connectivity index (χ2v) is 27.1. The summed E-state index contributed by atoms with van der Waals surface area (Å²) in [6.07, 6.45) is 0. The van der Waals surface area contributed by atoms with Crippen molar-refractivity contribution in [3.05, 3.63) is 352 Å². The van der Waals surface area contributed by atoms with E-state index in [1.807, 2.05) is 42.5 Å². The zero-order valence-corrected chi connectivity index (χ0v) is 55.8. The van der Waals surface area contributed by atoms with Gasteiger partial charge in [-0.2, -0.15) is 0 Å². The molecule has 0 N–H and O–H groups in total. The van der Waals surface area contributed by atoms with E-state index in [9.17, 15) is 0 Å². The van der Waals surface area contributed by atoms with Crippen LogP contribution in [0.4, 0.5) is 0 Å². The van der Waals surface area contributed by atoms with Gasteiger partial charge >= 0.3 is 0 Å². The molecule has 99 heavy (non-hydrogen) atoms. The van der Waals surface area contributed by atoms with E-state index in [0.29, 0.717) is 0 Å². The predicted octanol–water partition coefficient (Wildman–Crippen LogP) is 25.2. The average Bonchev–Trinajstić information content (AvgIpc) is 1.64. The maximum atomic E-state index is 5.20. The molecule has 0 unspecified atom stereocenters. The number of nitrogens with zero attached hydrogens (tertiary/aromatic N) is 6. The van der Waals surface area contributed by atoms with Gasteiger partial charge in [0.05, 0.1) is 17.1 Å². The summed E-state index contributed by atoms with van der Waals surface area (Å²) in [6.45, 7) is 0. The smallest absolute Gasteiger partial charge is 0.162 e. The van der Waals surface area contributed by atoms with Crippen LogP contribution >= 0.6 is 34.0 Å². The SMILES string of the molecule is c1ccc(-c2ccc(-c3nc(-c4cccc(-c5ccccc5)c4)c4c(n3)sc3ccccc34)cc2)cc1.c1ccc(-c2ccccc2-c2nc(-c3ccccc3)c3c(n2)sc2ccccc23)cc1.c1ccc(-c2nc(-c3ccccc3-c3ccccc3)c3c(n2)sc2ccccc23)cc1. The fourth-order valence-electron chi connectivity index (χ4n) is 13.1. The molecule has 0 atom stereocenters. The van der Waals surface area contributed by atoms with Crippen molar-refractivity contribution in [3.8, 4) is 112 Å². The number of benzene rings is 13. The summed E-state index contributed by atoms with van der Waals surface area (Å²) in [5.41, 5.74) is 18.8. The van der Waals surface area contributed by atoms with E-state index in [0.717, 1.165) is 104 Å². The summed E-state index contributed by atoms with van der Waals surface area (Å²) >= 11 is 5.19. The van der Waals surface area contributed by atoms with Crippen LogP contribution < -0.4 is 0 Å². The van der Waals surface area contributed by atoms with E-state index in [4.69, 9.17) is 29.9 Å². The molecule has 9 heteroatoms. The van der Waals surface area contributed by atoms with E-state index >= 15 is 0 Å². The van der Waals surface area contributed by atoms with Crippen LogP contribution in [0.3, 0.4) is 0 Å². The summed E-state index contributed by atoms with van der Waals surface area (Å²) in [6, 6.07) is 122. The van der Waals surface area contributed by atoms with Crippen molar-refractivity contribution >= 4 is 94.9 Å². The van der Waals surface area contributed by atoms with Crippen LogP contribution in [0.1, 0.15) is 0 Å². The third-order valence-electron chi connectivity index (χ3n) is 17.8. The molecule has 0 fully saturated rings. The summed E-state index contributed by atoms with van der Waals surface area (Å²) in [7, 11) is 0. The van der Waals surface area contributed by atoms with Crippen LogP contribution in [0.25, 0.3) is 173 Å². The van der Waals surface area contributed by atoms with Crippen molar-refractivity contribution in [1.29, 1.82) is 0 Å². The molecule has 0 bridgehead atoms. The molecule has 0 amide bonds. The van der Waals surface area contributed by atoms with Crippen LogP contribution in [0.5, 0.6) is 0 Å². The lowest BCUT2D eigenvalue weighted by Gasteiger charge is -2.12. The van der Waals surface area contributed by atoms with E-state index in [1.54, 1.807) is 34.0 Å². The number of aromatic nitrogens is 6. The zero-order valence-electron chi connectivity index (χ0n) is 53.4. The van der Waals surface area contributed by atoms with Gasteiger partial charge in [-0.25, -0.2) is 29.9 Å². The maximum Gasteiger partial charge on any atom is 0.162 e. The van der Waals surface area contributed by atoms with Crippen LogP contribution in [-0.2, 0) is 0 Å². The fourth-order valence-corrected chi connectivity index (χ4v) is 16.3. The zero-order chi connectivity index (χ0) is 65.9. The van der Waals surface area contributed by atoms with Crippen LogP contribution in [-0.4, -0.2) is 29.9 Å². The summed E-state index contributed by atoms with van der Waals surface area (Å²) in [5.74, 6) is 2.27. The Kier molecular flexibility index (Phi) is 16.5. The Morgan fingerprint density at radius 2 is 0.465 bits per heavy atom. The van der Waals surface area contributed by atoms with Gasteiger partial charge in [-0.1, -0.05) is 328 Å². The third kappa shape index (κ3) is 12.1. The van der Waals surface area contributed by atoms with Crippen LogP contribution in [0, 0.1) is 0 Å². The maximum absolute atomic E-state index is 5.20. The first-order valence-corrected chi connectivity index (χ1v) is 35.4. The molecular formula is C90H58N6S3. The van der Waals surface area contributed by atoms with Crippen LogP contribution in [0.15, 0.2) is 352 Å². The van der Waals surface area contributed by atoms with Crippen molar-refractivity contribution in [2.75, 3.05) is 0 Å². The van der Waals surface area contributed by atoms with Gasteiger partial charge in [0.25, 0.3) is 0 Å². The second-order valence-electron chi connectivity index (χ2n) is 24.0. The Labute approximate surface area is 584 Å². The first-order valence-electron chi connectivity index (χ1n) is 32.9. The second kappa shape index (κ2) is 27.1. The lowest BCUT2D eigenvalue weighted by molar-refractivity contribution is 1.24. The first kappa shape index (κ1) is 60.4. The molecule has 0 radical (unpaired) electrons. The Morgan fingerprint density at radius 3 is 0.960 bits per heavy atom. The van der Waals surface area contributed by atoms with Crippen molar-refractivity contribution in [3.63, 3.8) is 0 Å². The fraction of sp³-hybridized carbons (Fsp3) is 0. The minimum atomic E-state index is 0.749. The van der Waals surface area contributed by atoms with Gasteiger partial charge in [0.1, 0.15) is 14.5 Å². The Hall–Kier alpha value is -12.2. The van der Waals surface area contributed by atoms with E-state index in [1.165, 1.54) is 69.2 Å². The Balaban J connectivity index is 0.000000112. The molecule has 19 aromatic rings. The summed E-state index contributed by atoms with van der Waals surface area (Å²) in [4.78, 5) is 33.6. The minimum Gasteiger partial charge on any atom is -0.227 e. The van der Waals surface area contributed by atoms with Crippen molar-refractivity contribution in [1.82, 2.24) is 29.9 Å². The largest absolute Gasteiger partial charge is 0.227 e. The van der Waals surface area contributed by atoms with Gasteiger partial charge in [0.2, 0.25) is 0 Å². The molecule has 13 aromatic carbocycles. The highest BCUT2D eigenvalue weighted by molar-refractivity contribution is 7.26. The Bertz CT molecular complexity index is 6080. The number of fused-ring (bicyclic) bond motifs is 9. The van der Waals surface area contributed by atoms with E-state index in [-0.39, 0.29) is 0 Å². The monoisotopic (exact) mass is 1320 g/mol. The highest BCUT2D eigenvalue weighted by atomic mass is 32.1. The first-order chi connectivity index (χ1) is 49.1. The molecular weight excluding hydrogens is 1260 g/mol. The number of hydrogen-bond donors (Lipinski definition) is 0. The average molecular weight is 1320 g/mol. The highest BCUT2D eigenvalue weighted by Crippen LogP contribution is 2.45. The van der Waals surface area contributed by atoms with Crippen molar-refractivity contribution < 1.29 is 0 Å². The standard InChI is InChI=1S/C34H22N2S.2C28H18N2S/c1-3-10-23(11-4-1)25-18-20-26(21-19-25)33-35-32(31-29-16-7-8-17-30(29)37-34(31)36-33)28-15-9-14-27(22-28)24-12-5-2-6-13-24;1-3-11-19(12-4-1)21-15-7-8-16-22(21)26-25-23-17-9-10-18-24(23)31-28(25)30-27(29-26)20-13-5-2-6-14-20;1-3-11-19(12-4-1)21-15-7-8-16-22(21)27-29-26(20-13-5-2-6-14-20)25-23-17-9-10-18-24(23)31-28(25)30-27/h1-22H;2*1-18H. The van der Waals surface area contributed by atoms with E-state index < -0.39 is 0 Å². The molecule has 466 valence electrons. The van der Waals surface area contributed by atoms with Crippen LogP contribution in [0.2, 0.25) is 0 Å². The topological polar surface area (TPSA) is 77.3 Å². The van der Waals surface area contributed by atoms with E-state index in [2.05, 4.69) is 309 Å². The van der Waals surface area contributed by atoms with Gasteiger partial charge < -0.3 is 0 Å². The molecule has 0 saturated heterocycles. The van der Waals surface area contributed by atoms with Gasteiger partial charge in [0, 0.05) is 79.8 Å². The van der Waals surface area contributed by atoms with Gasteiger partial charge in [-0.3, -0.25) is 0 Å². The molecule has 19 rings (SSSR count). The molecule has 0 aliphatic carbocycles. The number of hydrogen-bond acceptors (Lipinski definition) is 9. The Morgan fingerprint density at radius 1 is 0.172 bits per heavy atom. The molecule has 0 aliphatic heterocycles. The molecule has 6 aromatic heterocycles. The summed E-state index contributed by atoms with van der Waals surface area (Å²) < 4.78 is 3.69. The quantitative estimate of drug-likeness (QED) is 0.136. The van der Waals surface area contributed by atoms with Gasteiger partial charge in [0.15, 0.2) is 17.5 Å².